The fourth-order valence-corrected chi connectivity index (χ4v) is 3.46. The topological polar surface area (TPSA) is 51.2 Å². The van der Waals surface area contributed by atoms with Crippen LogP contribution in [0.15, 0.2) is 30.3 Å². The summed E-state index contributed by atoms with van der Waals surface area (Å²) < 4.78 is 23.0. The summed E-state index contributed by atoms with van der Waals surface area (Å²) in [5, 5.41) is -1.39. The van der Waals surface area contributed by atoms with Crippen molar-refractivity contribution in [1.82, 2.24) is 0 Å². The molecule has 1 rings (SSSR count). The molecule has 82 valence electrons. The SMILES string of the molecule is CSC(=O)C(c1ccccc1)S(C)(=O)=O. The van der Waals surface area contributed by atoms with Gasteiger partial charge in [0, 0.05) is 6.26 Å². The highest BCUT2D eigenvalue weighted by atomic mass is 32.2. The molecule has 0 amide bonds. The predicted octanol–water partition coefficient (Wildman–Crippen LogP) is 1.66. The van der Waals surface area contributed by atoms with Gasteiger partial charge in [-0.3, -0.25) is 4.79 Å². The van der Waals surface area contributed by atoms with E-state index in [2.05, 4.69) is 0 Å². The average molecular weight is 244 g/mol. The molecule has 1 aromatic rings. The minimum atomic E-state index is -3.40. The molecule has 1 atom stereocenters. The van der Waals surface area contributed by atoms with E-state index in [-0.39, 0.29) is 5.12 Å². The van der Waals surface area contributed by atoms with Gasteiger partial charge in [-0.05, 0) is 11.8 Å². The lowest BCUT2D eigenvalue weighted by Crippen LogP contribution is -2.18. The molecule has 0 saturated heterocycles. The molecule has 0 fully saturated rings. The lowest BCUT2D eigenvalue weighted by molar-refractivity contribution is -0.110. The third-order valence-electron chi connectivity index (χ3n) is 1.95. The van der Waals surface area contributed by atoms with Crippen molar-refractivity contribution in [3.63, 3.8) is 0 Å². The van der Waals surface area contributed by atoms with E-state index in [1.165, 1.54) is 0 Å². The Morgan fingerprint density at radius 2 is 1.80 bits per heavy atom. The van der Waals surface area contributed by atoms with Crippen LogP contribution in [0.5, 0.6) is 0 Å². The third-order valence-corrected chi connectivity index (χ3v) is 4.08. The molecule has 0 aliphatic heterocycles. The van der Waals surface area contributed by atoms with Crippen molar-refractivity contribution in [3.05, 3.63) is 35.9 Å². The summed E-state index contributed by atoms with van der Waals surface area (Å²) >= 11 is 0.937. The maximum absolute atomic E-state index is 11.5. The smallest absolute Gasteiger partial charge is 0.211 e. The number of carbonyl (C=O) groups is 1. The van der Waals surface area contributed by atoms with E-state index in [0.717, 1.165) is 18.0 Å². The second-order valence-corrected chi connectivity index (χ2v) is 6.08. The van der Waals surface area contributed by atoms with Crippen molar-refractivity contribution in [2.24, 2.45) is 0 Å². The normalized spacial score (nSPS) is 13.5. The summed E-state index contributed by atoms with van der Waals surface area (Å²) in [4.78, 5) is 11.5. The second kappa shape index (κ2) is 4.81. The molecule has 1 aromatic carbocycles. The minimum Gasteiger partial charge on any atom is -0.285 e. The number of rotatable bonds is 3. The van der Waals surface area contributed by atoms with Crippen LogP contribution in [0.1, 0.15) is 10.8 Å². The van der Waals surface area contributed by atoms with Crippen LogP contribution >= 0.6 is 11.8 Å². The van der Waals surface area contributed by atoms with E-state index in [9.17, 15) is 13.2 Å². The standard InChI is InChI=1S/C10H12O3S2/c1-14-10(11)9(15(2,12)13)8-6-4-3-5-7-8/h3-7,9H,1-2H3. The van der Waals surface area contributed by atoms with Gasteiger partial charge in [-0.1, -0.05) is 42.1 Å². The molecule has 5 heteroatoms. The molecule has 0 saturated carbocycles. The van der Waals surface area contributed by atoms with Gasteiger partial charge in [-0.2, -0.15) is 0 Å². The van der Waals surface area contributed by atoms with Gasteiger partial charge in [0.1, 0.15) is 0 Å². The number of hydrogen-bond donors (Lipinski definition) is 0. The molecule has 0 heterocycles. The molecule has 0 bridgehead atoms. The first-order valence-electron chi connectivity index (χ1n) is 4.28. The number of benzene rings is 1. The van der Waals surface area contributed by atoms with E-state index in [4.69, 9.17) is 0 Å². The minimum absolute atomic E-state index is 0.344. The van der Waals surface area contributed by atoms with Gasteiger partial charge >= 0.3 is 0 Å². The first-order chi connectivity index (χ1) is 6.96. The molecule has 0 spiro atoms. The summed E-state index contributed by atoms with van der Waals surface area (Å²) in [6, 6.07) is 8.54. The zero-order valence-electron chi connectivity index (χ0n) is 8.51. The van der Waals surface area contributed by atoms with Gasteiger partial charge in [0.05, 0.1) is 0 Å². The summed E-state index contributed by atoms with van der Waals surface area (Å²) in [7, 11) is -3.40. The molecule has 15 heavy (non-hydrogen) atoms. The molecule has 0 aromatic heterocycles. The highest BCUT2D eigenvalue weighted by Crippen LogP contribution is 2.26. The number of carbonyl (C=O) groups excluding carboxylic acids is 1. The van der Waals surface area contributed by atoms with Gasteiger partial charge in [0.15, 0.2) is 15.1 Å². The summed E-state index contributed by atoms with van der Waals surface area (Å²) in [5.41, 5.74) is 0.527. The molecule has 0 N–H and O–H groups in total. The first-order valence-corrected chi connectivity index (χ1v) is 7.46. The number of sulfone groups is 1. The first kappa shape index (κ1) is 12.3. The quantitative estimate of drug-likeness (QED) is 0.811. The van der Waals surface area contributed by atoms with Crippen molar-refractivity contribution in [3.8, 4) is 0 Å². The Morgan fingerprint density at radius 1 is 1.27 bits per heavy atom. The lowest BCUT2D eigenvalue weighted by Gasteiger charge is -2.12. The van der Waals surface area contributed by atoms with E-state index in [1.54, 1.807) is 36.6 Å². The highest BCUT2D eigenvalue weighted by Gasteiger charge is 2.29. The predicted molar refractivity (Wildman–Crippen MR) is 62.5 cm³/mol. The van der Waals surface area contributed by atoms with Crippen molar-refractivity contribution >= 4 is 26.7 Å². The van der Waals surface area contributed by atoms with Gasteiger partial charge < -0.3 is 0 Å². The van der Waals surface area contributed by atoms with Crippen molar-refractivity contribution in [2.45, 2.75) is 5.25 Å². The summed E-state index contributed by atoms with van der Waals surface area (Å²) in [5.74, 6) is 0. The van der Waals surface area contributed by atoms with Crippen LogP contribution in [0.3, 0.4) is 0 Å². The maximum atomic E-state index is 11.5. The Hall–Kier alpha value is -0.810. The Labute approximate surface area is 93.8 Å². The average Bonchev–Trinajstić information content (AvgIpc) is 2.17. The zero-order valence-corrected chi connectivity index (χ0v) is 10.1. The van der Waals surface area contributed by atoms with E-state index >= 15 is 0 Å². The van der Waals surface area contributed by atoms with Crippen molar-refractivity contribution in [1.29, 1.82) is 0 Å². The second-order valence-electron chi connectivity index (χ2n) is 3.14. The Kier molecular flexibility index (Phi) is 3.93. The Morgan fingerprint density at radius 3 is 2.20 bits per heavy atom. The molecule has 3 nitrogen and oxygen atoms in total. The Bertz CT molecular complexity index is 437. The van der Waals surface area contributed by atoms with Crippen LogP contribution in [-0.4, -0.2) is 26.0 Å². The van der Waals surface area contributed by atoms with E-state index in [0.29, 0.717) is 5.56 Å². The van der Waals surface area contributed by atoms with Crippen LogP contribution < -0.4 is 0 Å². The van der Waals surface area contributed by atoms with Gasteiger partial charge in [-0.15, -0.1) is 0 Å². The molecular formula is C10H12O3S2. The fraction of sp³-hybridized carbons (Fsp3) is 0.300. The van der Waals surface area contributed by atoms with Gasteiger partial charge in [0.25, 0.3) is 0 Å². The van der Waals surface area contributed by atoms with Gasteiger partial charge in [-0.25, -0.2) is 8.42 Å². The van der Waals surface area contributed by atoms with Crippen molar-refractivity contribution < 1.29 is 13.2 Å². The maximum Gasteiger partial charge on any atom is 0.211 e. The number of thioether (sulfide) groups is 1. The van der Waals surface area contributed by atoms with E-state index in [1.807, 2.05) is 0 Å². The highest BCUT2D eigenvalue weighted by molar-refractivity contribution is 8.14. The Balaban J connectivity index is 3.20. The van der Waals surface area contributed by atoms with Crippen LogP contribution in [0.2, 0.25) is 0 Å². The van der Waals surface area contributed by atoms with Gasteiger partial charge in [0.2, 0.25) is 5.12 Å². The zero-order chi connectivity index (χ0) is 11.5. The summed E-state index contributed by atoms with van der Waals surface area (Å²) in [6.45, 7) is 0. The van der Waals surface area contributed by atoms with Crippen LogP contribution in [0, 0.1) is 0 Å². The largest absolute Gasteiger partial charge is 0.285 e. The van der Waals surface area contributed by atoms with Crippen LogP contribution in [0.25, 0.3) is 0 Å². The molecule has 0 radical (unpaired) electrons. The van der Waals surface area contributed by atoms with Crippen molar-refractivity contribution in [2.75, 3.05) is 12.5 Å². The lowest BCUT2D eigenvalue weighted by atomic mass is 10.2. The summed E-state index contributed by atoms with van der Waals surface area (Å²) in [6.07, 6.45) is 2.67. The molecule has 0 aliphatic carbocycles. The molecule has 0 aliphatic rings. The monoisotopic (exact) mass is 244 g/mol. The fourth-order valence-electron chi connectivity index (χ4n) is 1.29. The molecule has 1 unspecified atom stereocenters. The van der Waals surface area contributed by atoms with E-state index < -0.39 is 15.1 Å². The van der Waals surface area contributed by atoms with Crippen LogP contribution in [0.4, 0.5) is 0 Å². The number of hydrogen-bond acceptors (Lipinski definition) is 4. The van der Waals surface area contributed by atoms with Crippen LogP contribution in [-0.2, 0) is 14.6 Å². The third kappa shape index (κ3) is 3.07. The molecular weight excluding hydrogens is 232 g/mol.